The Balaban J connectivity index is 2.15. The van der Waals surface area contributed by atoms with E-state index in [1.807, 2.05) is 0 Å². The molecule has 0 bridgehead atoms. The lowest BCUT2D eigenvalue weighted by Crippen LogP contribution is -2.40. The highest BCUT2D eigenvalue weighted by atomic mass is 79.9. The molecule has 0 saturated carbocycles. The van der Waals surface area contributed by atoms with Gasteiger partial charge in [0.25, 0.3) is 0 Å². The molecule has 0 spiro atoms. The van der Waals surface area contributed by atoms with E-state index in [0.717, 1.165) is 25.0 Å². The Morgan fingerprint density at radius 1 is 1.44 bits per heavy atom. The number of rotatable bonds is 4. The van der Waals surface area contributed by atoms with E-state index < -0.39 is 0 Å². The number of halogens is 1. The first-order valence-electron chi connectivity index (χ1n) is 6.76. The van der Waals surface area contributed by atoms with Gasteiger partial charge in [0.15, 0.2) is 0 Å². The van der Waals surface area contributed by atoms with Crippen LogP contribution in [0.5, 0.6) is 0 Å². The zero-order chi connectivity index (χ0) is 13.0. The van der Waals surface area contributed by atoms with Crippen LogP contribution < -0.4 is 4.90 Å². The smallest absolute Gasteiger partial charge is 0.0750 e. The van der Waals surface area contributed by atoms with Gasteiger partial charge in [0.1, 0.15) is 0 Å². The quantitative estimate of drug-likeness (QED) is 0.782. The van der Waals surface area contributed by atoms with Crippen molar-refractivity contribution in [3.05, 3.63) is 29.3 Å². The summed E-state index contributed by atoms with van der Waals surface area (Å²) in [6.45, 7) is 7.21. The van der Waals surface area contributed by atoms with Crippen LogP contribution in [0.3, 0.4) is 0 Å². The minimum atomic E-state index is 0.397. The van der Waals surface area contributed by atoms with E-state index >= 15 is 0 Å². The van der Waals surface area contributed by atoms with Crippen LogP contribution in [-0.4, -0.2) is 25.8 Å². The van der Waals surface area contributed by atoms with Gasteiger partial charge in [0, 0.05) is 30.7 Å². The fourth-order valence-electron chi connectivity index (χ4n) is 2.66. The molecule has 2 nitrogen and oxygen atoms in total. The van der Waals surface area contributed by atoms with Crippen LogP contribution in [0, 0.1) is 6.92 Å². The number of alkyl halides is 1. The Morgan fingerprint density at radius 3 is 3.00 bits per heavy atom. The zero-order valence-corrected chi connectivity index (χ0v) is 12.9. The van der Waals surface area contributed by atoms with Crippen molar-refractivity contribution in [3.8, 4) is 0 Å². The average Bonchev–Trinajstić information content (AvgIpc) is 2.39. The third-order valence-corrected chi connectivity index (χ3v) is 4.10. The van der Waals surface area contributed by atoms with Crippen molar-refractivity contribution >= 4 is 21.6 Å². The van der Waals surface area contributed by atoms with Gasteiger partial charge < -0.3 is 9.64 Å². The van der Waals surface area contributed by atoms with E-state index in [1.165, 1.54) is 29.7 Å². The molecule has 1 aromatic rings. The number of hydrogen-bond donors (Lipinski definition) is 0. The molecule has 100 valence electrons. The summed E-state index contributed by atoms with van der Waals surface area (Å²) in [6.07, 6.45) is 2.81. The minimum absolute atomic E-state index is 0.397. The molecule has 0 radical (unpaired) electrons. The predicted octanol–water partition coefficient (Wildman–Crippen LogP) is 3.90. The molecule has 1 unspecified atom stereocenters. The summed E-state index contributed by atoms with van der Waals surface area (Å²) in [5, 5.41) is 0.916. The zero-order valence-electron chi connectivity index (χ0n) is 11.3. The van der Waals surface area contributed by atoms with Crippen LogP contribution in [0.15, 0.2) is 18.2 Å². The molecule has 0 aromatic heterocycles. The second kappa shape index (κ2) is 6.58. The molecule has 0 aliphatic carbocycles. The largest absolute Gasteiger partial charge is 0.377 e. The minimum Gasteiger partial charge on any atom is -0.377 e. The van der Waals surface area contributed by atoms with Crippen LogP contribution in [0.4, 0.5) is 5.69 Å². The van der Waals surface area contributed by atoms with Gasteiger partial charge in [-0.15, -0.1) is 0 Å². The van der Waals surface area contributed by atoms with Crippen molar-refractivity contribution in [2.45, 2.75) is 38.1 Å². The molecule has 1 aromatic carbocycles. The summed E-state index contributed by atoms with van der Waals surface area (Å²) in [5.41, 5.74) is 4.07. The fourth-order valence-corrected chi connectivity index (χ4v) is 3.11. The van der Waals surface area contributed by atoms with E-state index in [2.05, 4.69) is 52.9 Å². The first kappa shape index (κ1) is 13.9. The fraction of sp³-hybridized carbons (Fsp3) is 0.600. The Kier molecular flexibility index (Phi) is 5.07. The van der Waals surface area contributed by atoms with E-state index in [4.69, 9.17) is 4.74 Å². The van der Waals surface area contributed by atoms with E-state index in [0.29, 0.717) is 6.10 Å². The maximum Gasteiger partial charge on any atom is 0.0750 e. The van der Waals surface area contributed by atoms with Gasteiger partial charge in [-0.25, -0.2) is 0 Å². The lowest BCUT2D eigenvalue weighted by atomic mass is 10.0. The first-order valence-corrected chi connectivity index (χ1v) is 7.88. The Bertz CT molecular complexity index is 392. The predicted molar refractivity (Wildman–Crippen MR) is 80.7 cm³/mol. The number of benzene rings is 1. The number of aryl methyl sites for hydroxylation is 1. The maximum atomic E-state index is 5.78. The van der Waals surface area contributed by atoms with Crippen molar-refractivity contribution in [3.63, 3.8) is 0 Å². The number of hydrogen-bond acceptors (Lipinski definition) is 2. The van der Waals surface area contributed by atoms with E-state index in [1.54, 1.807) is 0 Å². The molecule has 18 heavy (non-hydrogen) atoms. The summed E-state index contributed by atoms with van der Waals surface area (Å²) in [5.74, 6) is 0. The van der Waals surface area contributed by atoms with E-state index in [9.17, 15) is 0 Å². The van der Waals surface area contributed by atoms with Gasteiger partial charge in [0.2, 0.25) is 0 Å². The van der Waals surface area contributed by atoms with Crippen molar-refractivity contribution in [2.24, 2.45) is 0 Å². The third kappa shape index (κ3) is 3.27. The van der Waals surface area contributed by atoms with Crippen molar-refractivity contribution in [1.29, 1.82) is 0 Å². The molecule has 1 fully saturated rings. The highest BCUT2D eigenvalue weighted by molar-refractivity contribution is 9.08. The molecule has 2 rings (SSSR count). The highest BCUT2D eigenvalue weighted by Crippen LogP contribution is 2.27. The lowest BCUT2D eigenvalue weighted by Gasteiger charge is -2.35. The number of nitrogens with zero attached hydrogens (tertiary/aromatic N) is 1. The molecule has 0 N–H and O–H groups in total. The molecule has 3 heteroatoms. The van der Waals surface area contributed by atoms with Gasteiger partial charge in [0.05, 0.1) is 6.10 Å². The van der Waals surface area contributed by atoms with Gasteiger partial charge in [-0.05, 0) is 38.3 Å². The summed E-state index contributed by atoms with van der Waals surface area (Å²) < 4.78 is 5.78. The number of ether oxygens (including phenoxy) is 1. The van der Waals surface area contributed by atoms with Crippen LogP contribution in [0.25, 0.3) is 0 Å². The SMILES string of the molecule is CCOC1CCCN(c2ccc(C)cc2CBr)C1. The second-order valence-corrected chi connectivity index (χ2v) is 5.49. The monoisotopic (exact) mass is 311 g/mol. The van der Waals surface area contributed by atoms with Crippen molar-refractivity contribution in [2.75, 3.05) is 24.6 Å². The van der Waals surface area contributed by atoms with E-state index in [-0.39, 0.29) is 0 Å². The topological polar surface area (TPSA) is 12.5 Å². The first-order chi connectivity index (χ1) is 8.74. The van der Waals surface area contributed by atoms with Gasteiger partial charge >= 0.3 is 0 Å². The normalized spacial score (nSPS) is 20.2. The molecular formula is C15H22BrNO. The molecule has 1 atom stereocenters. The van der Waals surface area contributed by atoms with Crippen LogP contribution in [0.2, 0.25) is 0 Å². The Labute approximate surface area is 118 Å². The highest BCUT2D eigenvalue weighted by Gasteiger charge is 2.21. The summed E-state index contributed by atoms with van der Waals surface area (Å²) >= 11 is 3.60. The summed E-state index contributed by atoms with van der Waals surface area (Å²) in [4.78, 5) is 2.47. The third-order valence-electron chi connectivity index (χ3n) is 3.50. The average molecular weight is 312 g/mol. The summed E-state index contributed by atoms with van der Waals surface area (Å²) in [6, 6.07) is 6.72. The van der Waals surface area contributed by atoms with Crippen LogP contribution in [0.1, 0.15) is 30.9 Å². The number of piperidine rings is 1. The van der Waals surface area contributed by atoms with Gasteiger partial charge in [-0.3, -0.25) is 0 Å². The number of anilines is 1. The van der Waals surface area contributed by atoms with Gasteiger partial charge in [-0.1, -0.05) is 33.6 Å². The van der Waals surface area contributed by atoms with Crippen molar-refractivity contribution < 1.29 is 4.74 Å². The molecule has 1 aliphatic heterocycles. The van der Waals surface area contributed by atoms with Crippen LogP contribution in [-0.2, 0) is 10.1 Å². The van der Waals surface area contributed by atoms with Gasteiger partial charge in [-0.2, -0.15) is 0 Å². The maximum absolute atomic E-state index is 5.78. The molecule has 1 aliphatic rings. The van der Waals surface area contributed by atoms with Crippen molar-refractivity contribution in [1.82, 2.24) is 0 Å². The molecule has 0 amide bonds. The molecule has 1 heterocycles. The molecular weight excluding hydrogens is 290 g/mol. The lowest BCUT2D eigenvalue weighted by molar-refractivity contribution is 0.0526. The summed E-state index contributed by atoms with van der Waals surface area (Å²) in [7, 11) is 0. The van der Waals surface area contributed by atoms with Crippen LogP contribution >= 0.6 is 15.9 Å². The standard InChI is InChI=1S/C15H22BrNO/c1-3-18-14-5-4-8-17(11-14)15-7-6-12(2)9-13(15)10-16/h6-7,9,14H,3-5,8,10-11H2,1-2H3. The Morgan fingerprint density at radius 2 is 2.28 bits per heavy atom. The molecule has 1 saturated heterocycles. The second-order valence-electron chi connectivity index (χ2n) is 4.93. The Hall–Kier alpha value is -0.540.